The summed E-state index contributed by atoms with van der Waals surface area (Å²) in [5.41, 5.74) is 0. The van der Waals surface area contributed by atoms with Gasteiger partial charge in [0.15, 0.2) is 0 Å². The van der Waals surface area contributed by atoms with Gasteiger partial charge in [0.2, 0.25) is 0 Å². The second kappa shape index (κ2) is 6.75. The van der Waals surface area contributed by atoms with Gasteiger partial charge in [0.1, 0.15) is 0 Å². The molecule has 0 spiro atoms. The summed E-state index contributed by atoms with van der Waals surface area (Å²) in [4.78, 5) is 2.71. The molecule has 0 radical (unpaired) electrons. The van der Waals surface area contributed by atoms with Crippen LogP contribution in [-0.4, -0.2) is 35.2 Å². The van der Waals surface area contributed by atoms with Crippen molar-refractivity contribution in [2.24, 2.45) is 5.92 Å². The molecule has 1 saturated carbocycles. The van der Waals surface area contributed by atoms with Gasteiger partial charge in [0, 0.05) is 6.04 Å². The van der Waals surface area contributed by atoms with Crippen LogP contribution in [0.25, 0.3) is 0 Å². The first-order valence-corrected chi connectivity index (χ1v) is 7.73. The third-order valence-corrected chi connectivity index (χ3v) is 4.78. The van der Waals surface area contributed by atoms with E-state index in [4.69, 9.17) is 0 Å². The molecule has 2 nitrogen and oxygen atoms in total. The maximum atomic E-state index is 9.87. The van der Waals surface area contributed by atoms with Crippen LogP contribution in [0.3, 0.4) is 0 Å². The van der Waals surface area contributed by atoms with Crippen LogP contribution in [0.15, 0.2) is 0 Å². The van der Waals surface area contributed by atoms with E-state index in [1.165, 1.54) is 64.5 Å². The number of likely N-dealkylation sites (tertiary alicyclic amines) is 1. The average molecular weight is 239 g/mol. The Bertz CT molecular complexity index is 217. The first kappa shape index (κ1) is 13.4. The van der Waals surface area contributed by atoms with Crippen LogP contribution in [-0.2, 0) is 0 Å². The molecule has 2 rings (SSSR count). The fraction of sp³-hybridized carbons (Fsp3) is 1.00. The predicted molar refractivity (Wildman–Crippen MR) is 72.1 cm³/mol. The molecular weight excluding hydrogens is 210 g/mol. The third kappa shape index (κ3) is 3.69. The van der Waals surface area contributed by atoms with E-state index in [1.54, 1.807) is 0 Å². The second-order valence-corrected chi connectivity index (χ2v) is 6.02. The molecule has 3 atom stereocenters. The minimum Gasteiger partial charge on any atom is -0.393 e. The molecule has 0 bridgehead atoms. The number of piperidine rings is 1. The minimum absolute atomic E-state index is 0.00409. The summed E-state index contributed by atoms with van der Waals surface area (Å²) in [7, 11) is 0. The largest absolute Gasteiger partial charge is 0.393 e. The highest BCUT2D eigenvalue weighted by atomic mass is 16.3. The van der Waals surface area contributed by atoms with Gasteiger partial charge in [0.05, 0.1) is 6.10 Å². The van der Waals surface area contributed by atoms with Crippen LogP contribution in [0.1, 0.15) is 64.7 Å². The van der Waals surface area contributed by atoms with E-state index in [1.807, 2.05) is 0 Å². The van der Waals surface area contributed by atoms with Crippen molar-refractivity contribution in [2.45, 2.75) is 76.9 Å². The van der Waals surface area contributed by atoms with Gasteiger partial charge in [-0.15, -0.1) is 0 Å². The van der Waals surface area contributed by atoms with Crippen molar-refractivity contribution in [1.82, 2.24) is 4.90 Å². The summed E-state index contributed by atoms with van der Waals surface area (Å²) in [5.74, 6) is 0.596. The van der Waals surface area contributed by atoms with Crippen molar-refractivity contribution in [3.8, 4) is 0 Å². The molecule has 1 saturated heterocycles. The zero-order valence-corrected chi connectivity index (χ0v) is 11.4. The zero-order valence-electron chi connectivity index (χ0n) is 11.4. The smallest absolute Gasteiger partial charge is 0.0568 e. The Labute approximate surface area is 106 Å². The summed E-state index contributed by atoms with van der Waals surface area (Å²) in [5, 5.41) is 9.87. The Morgan fingerprint density at radius 3 is 2.65 bits per heavy atom. The van der Waals surface area contributed by atoms with E-state index in [2.05, 4.69) is 11.8 Å². The fourth-order valence-corrected chi connectivity index (χ4v) is 3.70. The first-order chi connectivity index (χ1) is 8.31. The van der Waals surface area contributed by atoms with Gasteiger partial charge in [-0.05, 0) is 57.5 Å². The third-order valence-electron chi connectivity index (χ3n) is 4.78. The molecule has 0 aromatic heterocycles. The van der Waals surface area contributed by atoms with Crippen LogP contribution in [0.4, 0.5) is 0 Å². The number of hydrogen-bond donors (Lipinski definition) is 1. The van der Waals surface area contributed by atoms with Crippen LogP contribution < -0.4 is 0 Å². The van der Waals surface area contributed by atoms with Crippen molar-refractivity contribution in [3.05, 3.63) is 0 Å². The first-order valence-electron chi connectivity index (χ1n) is 7.73. The molecule has 3 unspecified atom stereocenters. The van der Waals surface area contributed by atoms with Crippen LogP contribution in [0, 0.1) is 5.92 Å². The van der Waals surface area contributed by atoms with Gasteiger partial charge in [-0.3, -0.25) is 0 Å². The van der Waals surface area contributed by atoms with Gasteiger partial charge in [0.25, 0.3) is 0 Å². The molecule has 1 heterocycles. The van der Waals surface area contributed by atoms with Gasteiger partial charge >= 0.3 is 0 Å². The molecule has 100 valence electrons. The summed E-state index contributed by atoms with van der Waals surface area (Å²) in [6, 6.07) is 0.840. The second-order valence-electron chi connectivity index (χ2n) is 6.02. The van der Waals surface area contributed by atoms with Crippen molar-refractivity contribution in [2.75, 3.05) is 13.1 Å². The van der Waals surface area contributed by atoms with Crippen LogP contribution in [0.5, 0.6) is 0 Å². The maximum absolute atomic E-state index is 9.87. The average Bonchev–Trinajstić information content (AvgIpc) is 2.74. The highest BCUT2D eigenvalue weighted by Crippen LogP contribution is 2.29. The highest BCUT2D eigenvalue weighted by molar-refractivity contribution is 4.81. The predicted octanol–water partition coefficient (Wildman–Crippen LogP) is 3.19. The Hall–Kier alpha value is -0.0800. The molecule has 17 heavy (non-hydrogen) atoms. The molecule has 0 aromatic rings. The Morgan fingerprint density at radius 2 is 1.94 bits per heavy atom. The Balaban J connectivity index is 1.75. The van der Waals surface area contributed by atoms with Crippen molar-refractivity contribution in [3.63, 3.8) is 0 Å². The molecular formula is C15H29NO. The molecule has 2 fully saturated rings. The quantitative estimate of drug-likeness (QED) is 0.796. The number of rotatable bonds is 5. The SMILES string of the molecule is CCCC1CCCCN1CCC1CCCC1O. The lowest BCUT2D eigenvalue weighted by atomic mass is 9.96. The monoisotopic (exact) mass is 239 g/mol. The Morgan fingerprint density at radius 1 is 1.06 bits per heavy atom. The topological polar surface area (TPSA) is 23.5 Å². The van der Waals surface area contributed by atoms with E-state index in [0.29, 0.717) is 5.92 Å². The lowest BCUT2D eigenvalue weighted by Gasteiger charge is -2.36. The summed E-state index contributed by atoms with van der Waals surface area (Å²) >= 11 is 0. The number of aliphatic hydroxyl groups excluding tert-OH is 1. The van der Waals surface area contributed by atoms with Crippen molar-refractivity contribution < 1.29 is 5.11 Å². The molecule has 1 aliphatic carbocycles. The van der Waals surface area contributed by atoms with E-state index in [0.717, 1.165) is 12.5 Å². The van der Waals surface area contributed by atoms with Gasteiger partial charge in [-0.2, -0.15) is 0 Å². The molecule has 0 aromatic carbocycles. The van der Waals surface area contributed by atoms with E-state index in [9.17, 15) is 5.11 Å². The summed E-state index contributed by atoms with van der Waals surface area (Å²) < 4.78 is 0. The summed E-state index contributed by atoms with van der Waals surface area (Å²) in [6.45, 7) is 4.83. The standard InChI is InChI=1S/C15H29NO/c1-2-6-14-8-3-4-11-16(14)12-10-13-7-5-9-15(13)17/h13-15,17H,2-12H2,1H3. The highest BCUT2D eigenvalue weighted by Gasteiger charge is 2.27. The zero-order chi connectivity index (χ0) is 12.1. The van der Waals surface area contributed by atoms with E-state index < -0.39 is 0 Å². The lowest BCUT2D eigenvalue weighted by molar-refractivity contribution is 0.0947. The van der Waals surface area contributed by atoms with Crippen molar-refractivity contribution in [1.29, 1.82) is 0 Å². The number of hydrogen-bond acceptors (Lipinski definition) is 2. The molecule has 1 aliphatic heterocycles. The van der Waals surface area contributed by atoms with E-state index >= 15 is 0 Å². The van der Waals surface area contributed by atoms with Gasteiger partial charge in [-0.25, -0.2) is 0 Å². The fourth-order valence-electron chi connectivity index (χ4n) is 3.70. The van der Waals surface area contributed by atoms with E-state index in [-0.39, 0.29) is 6.10 Å². The molecule has 1 N–H and O–H groups in total. The van der Waals surface area contributed by atoms with Gasteiger partial charge < -0.3 is 10.0 Å². The van der Waals surface area contributed by atoms with Gasteiger partial charge in [-0.1, -0.05) is 26.2 Å². The van der Waals surface area contributed by atoms with Crippen LogP contribution >= 0.6 is 0 Å². The number of aliphatic hydroxyl groups is 1. The lowest BCUT2D eigenvalue weighted by Crippen LogP contribution is -2.40. The van der Waals surface area contributed by atoms with Crippen molar-refractivity contribution >= 4 is 0 Å². The Kier molecular flexibility index (Phi) is 5.30. The molecule has 0 amide bonds. The van der Waals surface area contributed by atoms with Crippen LogP contribution in [0.2, 0.25) is 0 Å². The molecule has 2 aliphatic rings. The minimum atomic E-state index is 0.00409. The summed E-state index contributed by atoms with van der Waals surface area (Å²) in [6.07, 6.45) is 11.7. The molecule has 2 heteroatoms. The maximum Gasteiger partial charge on any atom is 0.0568 e. The number of nitrogens with zero attached hydrogens (tertiary/aromatic N) is 1. The normalized spacial score (nSPS) is 35.3.